The number of rotatable bonds is 8. The molecule has 1 aliphatic heterocycles. The van der Waals surface area contributed by atoms with Crippen molar-refractivity contribution in [3.8, 4) is 5.75 Å². The van der Waals surface area contributed by atoms with Gasteiger partial charge in [-0.2, -0.15) is 0 Å². The van der Waals surface area contributed by atoms with E-state index in [0.717, 1.165) is 56.6 Å². The fraction of sp³-hybridized carbons (Fsp3) is 0.400. The van der Waals surface area contributed by atoms with Crippen LogP contribution < -0.4 is 10.1 Å². The van der Waals surface area contributed by atoms with Crippen molar-refractivity contribution in [2.24, 2.45) is 0 Å². The Balaban J connectivity index is 1.21. The fourth-order valence-corrected chi connectivity index (χ4v) is 4.41. The first kappa shape index (κ1) is 20.5. The molecule has 1 fully saturated rings. The normalized spacial score (nSPS) is 15.4. The summed E-state index contributed by atoms with van der Waals surface area (Å²) in [7, 11) is 1.71. The number of ether oxygens (including phenoxy) is 1. The molecule has 3 aromatic rings. The number of likely N-dealkylation sites (tertiary alicyclic amines) is 1. The summed E-state index contributed by atoms with van der Waals surface area (Å²) in [5.74, 6) is 1.55. The monoisotopic (exact) mass is 405 g/mol. The molecule has 1 aromatic heterocycles. The van der Waals surface area contributed by atoms with E-state index in [1.54, 1.807) is 7.11 Å². The molecule has 4 rings (SSSR count). The van der Waals surface area contributed by atoms with E-state index in [9.17, 15) is 4.79 Å². The van der Waals surface area contributed by atoms with E-state index >= 15 is 0 Å². The second-order valence-electron chi connectivity index (χ2n) is 8.15. The van der Waals surface area contributed by atoms with Crippen molar-refractivity contribution in [2.45, 2.75) is 31.6 Å². The number of hydrogen-bond acceptors (Lipinski definition) is 3. The molecule has 5 nitrogen and oxygen atoms in total. The number of hydrogen-bond donors (Lipinski definition) is 2. The lowest BCUT2D eigenvalue weighted by Crippen LogP contribution is -2.41. The Kier molecular flexibility index (Phi) is 6.70. The summed E-state index contributed by atoms with van der Waals surface area (Å²) >= 11 is 0. The summed E-state index contributed by atoms with van der Waals surface area (Å²) in [6.45, 7) is 3.15. The van der Waals surface area contributed by atoms with Gasteiger partial charge in [-0.15, -0.1) is 0 Å². The Morgan fingerprint density at radius 2 is 1.97 bits per heavy atom. The maximum atomic E-state index is 12.3. The molecule has 158 valence electrons. The zero-order valence-corrected chi connectivity index (χ0v) is 17.7. The summed E-state index contributed by atoms with van der Waals surface area (Å²) in [6, 6.07) is 16.6. The van der Waals surface area contributed by atoms with Gasteiger partial charge in [0.05, 0.1) is 13.7 Å². The molecule has 2 N–H and O–H groups in total. The van der Waals surface area contributed by atoms with Gasteiger partial charge in [0.1, 0.15) is 5.75 Å². The Morgan fingerprint density at radius 3 is 2.73 bits per heavy atom. The molecule has 30 heavy (non-hydrogen) atoms. The van der Waals surface area contributed by atoms with Gasteiger partial charge >= 0.3 is 0 Å². The molecular weight excluding hydrogens is 374 g/mol. The molecule has 1 aliphatic rings. The minimum atomic E-state index is 0.137. The number of aromatic amines is 1. The largest absolute Gasteiger partial charge is 0.497 e. The SMILES string of the molecule is COc1ccc2[nH]cc(C3CCN(CC(=O)NCCCc4ccccc4)CC3)c2c1. The summed E-state index contributed by atoms with van der Waals surface area (Å²) in [5, 5.41) is 4.33. The minimum Gasteiger partial charge on any atom is -0.497 e. The topological polar surface area (TPSA) is 57.4 Å². The molecule has 0 unspecified atom stereocenters. The third-order valence-corrected chi connectivity index (χ3v) is 6.12. The van der Waals surface area contributed by atoms with Crippen molar-refractivity contribution in [1.29, 1.82) is 0 Å². The van der Waals surface area contributed by atoms with Crippen molar-refractivity contribution in [3.63, 3.8) is 0 Å². The lowest BCUT2D eigenvalue weighted by Gasteiger charge is -2.31. The number of carbonyl (C=O) groups excluding carboxylic acids is 1. The molecule has 1 amide bonds. The molecule has 0 spiro atoms. The van der Waals surface area contributed by atoms with Crippen LogP contribution in [0.15, 0.2) is 54.7 Å². The number of H-pyrrole nitrogens is 1. The molecule has 5 heteroatoms. The van der Waals surface area contributed by atoms with Crippen LogP contribution in [0, 0.1) is 0 Å². The van der Waals surface area contributed by atoms with Crippen LogP contribution in [0.4, 0.5) is 0 Å². The lowest BCUT2D eigenvalue weighted by molar-refractivity contribution is -0.122. The molecule has 0 aliphatic carbocycles. The van der Waals surface area contributed by atoms with E-state index in [2.05, 4.69) is 57.8 Å². The van der Waals surface area contributed by atoms with Gasteiger partial charge < -0.3 is 15.0 Å². The first-order valence-electron chi connectivity index (χ1n) is 10.9. The highest BCUT2D eigenvalue weighted by Gasteiger charge is 2.24. The Bertz CT molecular complexity index is 959. The van der Waals surface area contributed by atoms with E-state index in [4.69, 9.17) is 4.74 Å². The quantitative estimate of drug-likeness (QED) is 0.555. The van der Waals surface area contributed by atoms with Crippen LogP contribution in [-0.4, -0.2) is 49.1 Å². The second kappa shape index (κ2) is 9.81. The number of aryl methyl sites for hydroxylation is 1. The van der Waals surface area contributed by atoms with Gasteiger partial charge in [-0.25, -0.2) is 0 Å². The number of methoxy groups -OCH3 is 1. The van der Waals surface area contributed by atoms with E-state index < -0.39 is 0 Å². The number of carbonyl (C=O) groups is 1. The second-order valence-corrected chi connectivity index (χ2v) is 8.15. The van der Waals surface area contributed by atoms with Gasteiger partial charge in [-0.05, 0) is 74.0 Å². The van der Waals surface area contributed by atoms with Crippen molar-refractivity contribution in [3.05, 3.63) is 65.9 Å². The Labute approximate surface area is 178 Å². The maximum absolute atomic E-state index is 12.3. The van der Waals surface area contributed by atoms with Crippen LogP contribution in [0.2, 0.25) is 0 Å². The van der Waals surface area contributed by atoms with Gasteiger partial charge in [-0.3, -0.25) is 9.69 Å². The molecule has 2 heterocycles. The average molecular weight is 406 g/mol. The van der Waals surface area contributed by atoms with Crippen molar-refractivity contribution in [2.75, 3.05) is 33.3 Å². The summed E-state index contributed by atoms with van der Waals surface area (Å²) in [6.07, 6.45) is 6.27. The van der Waals surface area contributed by atoms with Crippen LogP contribution in [0.5, 0.6) is 5.75 Å². The number of aromatic nitrogens is 1. The van der Waals surface area contributed by atoms with Crippen LogP contribution in [0.1, 0.15) is 36.3 Å². The van der Waals surface area contributed by atoms with Crippen LogP contribution in [0.25, 0.3) is 10.9 Å². The predicted octanol–water partition coefficient (Wildman–Crippen LogP) is 4.10. The molecule has 0 saturated carbocycles. The van der Waals surface area contributed by atoms with Gasteiger partial charge in [0.25, 0.3) is 0 Å². The van der Waals surface area contributed by atoms with E-state index in [1.807, 2.05) is 12.1 Å². The maximum Gasteiger partial charge on any atom is 0.234 e. The Morgan fingerprint density at radius 1 is 1.17 bits per heavy atom. The smallest absolute Gasteiger partial charge is 0.234 e. The van der Waals surface area contributed by atoms with Crippen LogP contribution in [-0.2, 0) is 11.2 Å². The number of fused-ring (bicyclic) bond motifs is 1. The number of nitrogens with zero attached hydrogens (tertiary/aromatic N) is 1. The van der Waals surface area contributed by atoms with E-state index in [0.29, 0.717) is 12.5 Å². The van der Waals surface area contributed by atoms with Crippen molar-refractivity contribution in [1.82, 2.24) is 15.2 Å². The molecular formula is C25H31N3O2. The summed E-state index contributed by atoms with van der Waals surface area (Å²) in [5.41, 5.74) is 3.85. The van der Waals surface area contributed by atoms with Gasteiger partial charge in [0, 0.05) is 23.6 Å². The summed E-state index contributed by atoms with van der Waals surface area (Å²) < 4.78 is 5.39. The highest BCUT2D eigenvalue weighted by atomic mass is 16.5. The highest BCUT2D eigenvalue weighted by molar-refractivity contribution is 5.85. The van der Waals surface area contributed by atoms with E-state index in [1.165, 1.54) is 16.5 Å². The lowest BCUT2D eigenvalue weighted by atomic mass is 9.89. The van der Waals surface area contributed by atoms with Crippen LogP contribution in [0.3, 0.4) is 0 Å². The zero-order valence-electron chi connectivity index (χ0n) is 17.7. The first-order valence-corrected chi connectivity index (χ1v) is 10.9. The minimum absolute atomic E-state index is 0.137. The number of nitrogens with one attached hydrogen (secondary N) is 2. The number of amides is 1. The molecule has 2 aromatic carbocycles. The standard InChI is InChI=1S/C25H31N3O2/c1-30-21-9-10-24-22(16-21)23(17-27-24)20-11-14-28(15-12-20)18-25(29)26-13-5-8-19-6-3-2-4-7-19/h2-4,6-7,9-10,16-17,20,27H,5,8,11-15,18H2,1H3,(H,26,29). The molecule has 0 bridgehead atoms. The molecule has 0 atom stereocenters. The average Bonchev–Trinajstić information content (AvgIpc) is 3.21. The van der Waals surface area contributed by atoms with Crippen LogP contribution >= 0.6 is 0 Å². The predicted molar refractivity (Wildman–Crippen MR) is 121 cm³/mol. The Hall–Kier alpha value is -2.79. The number of piperidine rings is 1. The zero-order chi connectivity index (χ0) is 20.8. The highest BCUT2D eigenvalue weighted by Crippen LogP contribution is 2.34. The number of benzene rings is 2. The third-order valence-electron chi connectivity index (χ3n) is 6.12. The molecule has 1 saturated heterocycles. The van der Waals surface area contributed by atoms with Gasteiger partial charge in [0.2, 0.25) is 5.91 Å². The summed E-state index contributed by atoms with van der Waals surface area (Å²) in [4.78, 5) is 18.0. The third kappa shape index (κ3) is 5.03. The molecule has 0 radical (unpaired) electrons. The van der Waals surface area contributed by atoms with E-state index in [-0.39, 0.29) is 5.91 Å². The van der Waals surface area contributed by atoms with Crippen molar-refractivity contribution < 1.29 is 9.53 Å². The van der Waals surface area contributed by atoms with Gasteiger partial charge in [-0.1, -0.05) is 30.3 Å². The van der Waals surface area contributed by atoms with Crippen molar-refractivity contribution >= 4 is 16.8 Å². The fourth-order valence-electron chi connectivity index (χ4n) is 4.41. The first-order chi connectivity index (χ1) is 14.7. The van der Waals surface area contributed by atoms with Gasteiger partial charge in [0.15, 0.2) is 0 Å².